The second-order valence-electron chi connectivity index (χ2n) is 4.77. The highest BCUT2D eigenvalue weighted by atomic mass is 32.1. The molecule has 0 fully saturated rings. The Hall–Kier alpha value is -2.63. The molecule has 1 aromatic heterocycles. The summed E-state index contributed by atoms with van der Waals surface area (Å²) in [6.45, 7) is 0. The first-order valence-corrected chi connectivity index (χ1v) is 7.60. The van der Waals surface area contributed by atoms with E-state index in [2.05, 4.69) is 15.4 Å². The maximum Gasteiger partial charge on any atom is 0.435 e. The van der Waals surface area contributed by atoms with Gasteiger partial charge in [0, 0.05) is 7.05 Å². The molecule has 0 aliphatic carbocycles. The highest BCUT2D eigenvalue weighted by Crippen LogP contribution is 2.36. The van der Waals surface area contributed by atoms with E-state index in [1.807, 2.05) is 5.43 Å². The quantitative estimate of drug-likeness (QED) is 0.467. The number of carbonyl (C=O) groups excluding carboxylic acids is 1. The summed E-state index contributed by atoms with van der Waals surface area (Å²) in [5, 5.41) is 5.68. The maximum atomic E-state index is 12.9. The van der Waals surface area contributed by atoms with Crippen LogP contribution in [0.25, 0.3) is 0 Å². The lowest BCUT2D eigenvalue weighted by Gasteiger charge is -2.06. The van der Waals surface area contributed by atoms with Crippen molar-refractivity contribution in [1.29, 1.82) is 0 Å². The van der Waals surface area contributed by atoms with Crippen LogP contribution in [0.4, 0.5) is 31.5 Å². The number of hydrogen-bond acceptors (Lipinski definition) is 5. The Kier molecular flexibility index (Phi) is 5.54. The van der Waals surface area contributed by atoms with Gasteiger partial charge in [-0.25, -0.2) is 10.4 Å². The van der Waals surface area contributed by atoms with Gasteiger partial charge in [0.05, 0.1) is 11.8 Å². The summed E-state index contributed by atoms with van der Waals surface area (Å²) in [5.74, 6) is -1.18. The third kappa shape index (κ3) is 4.71. The van der Waals surface area contributed by atoms with E-state index in [-0.39, 0.29) is 10.7 Å². The van der Waals surface area contributed by atoms with Crippen molar-refractivity contribution in [3.63, 3.8) is 0 Å². The third-order valence-electron chi connectivity index (χ3n) is 2.91. The van der Waals surface area contributed by atoms with E-state index in [1.54, 1.807) is 0 Å². The van der Waals surface area contributed by atoms with Crippen LogP contribution in [-0.4, -0.2) is 24.2 Å². The summed E-state index contributed by atoms with van der Waals surface area (Å²) < 4.78 is 76.5. The van der Waals surface area contributed by atoms with Gasteiger partial charge >= 0.3 is 12.4 Å². The summed E-state index contributed by atoms with van der Waals surface area (Å²) in [7, 11) is 1.34. The molecule has 2 aromatic rings. The second-order valence-corrected chi connectivity index (χ2v) is 5.77. The van der Waals surface area contributed by atoms with Crippen molar-refractivity contribution in [3.05, 3.63) is 46.0 Å². The number of thiazole rings is 1. The lowest BCUT2D eigenvalue weighted by atomic mass is 10.1. The molecule has 1 heterocycles. The second kappa shape index (κ2) is 7.32. The van der Waals surface area contributed by atoms with E-state index in [0.29, 0.717) is 11.3 Å². The van der Waals surface area contributed by atoms with Crippen molar-refractivity contribution in [2.75, 3.05) is 12.4 Å². The van der Waals surface area contributed by atoms with Gasteiger partial charge in [0.25, 0.3) is 5.91 Å². The fourth-order valence-electron chi connectivity index (χ4n) is 1.78. The molecule has 0 unspecified atom stereocenters. The molecular formula is C14H10F6N4OS. The largest absolute Gasteiger partial charge is 0.435 e. The third-order valence-corrected chi connectivity index (χ3v) is 3.98. The number of nitrogens with one attached hydrogen (secondary N) is 2. The molecule has 1 amide bonds. The molecule has 5 nitrogen and oxygen atoms in total. The van der Waals surface area contributed by atoms with Gasteiger partial charge in [-0.2, -0.15) is 31.4 Å². The molecule has 12 heteroatoms. The van der Waals surface area contributed by atoms with E-state index >= 15 is 0 Å². The Labute approximate surface area is 146 Å². The van der Waals surface area contributed by atoms with Crippen molar-refractivity contribution in [2.24, 2.45) is 5.10 Å². The predicted molar refractivity (Wildman–Crippen MR) is 83.2 cm³/mol. The molecule has 1 aromatic carbocycles. The normalized spacial score (nSPS) is 12.4. The average molecular weight is 396 g/mol. The summed E-state index contributed by atoms with van der Waals surface area (Å²) in [6, 6.07) is 4.05. The molecule has 2 N–H and O–H groups in total. The summed E-state index contributed by atoms with van der Waals surface area (Å²) >= 11 is 0.470. The molecule has 0 aliphatic heterocycles. The van der Waals surface area contributed by atoms with Crippen LogP contribution in [0.15, 0.2) is 29.4 Å². The number of alkyl halides is 6. The molecule has 0 radical (unpaired) electrons. The number of hydrazone groups is 1. The highest BCUT2D eigenvalue weighted by Gasteiger charge is 2.39. The molecule has 0 aliphatic rings. The van der Waals surface area contributed by atoms with Crippen LogP contribution < -0.4 is 10.7 Å². The lowest BCUT2D eigenvalue weighted by molar-refractivity contribution is -0.141. The van der Waals surface area contributed by atoms with Crippen molar-refractivity contribution in [1.82, 2.24) is 10.4 Å². The Morgan fingerprint density at radius 2 is 1.88 bits per heavy atom. The predicted octanol–water partition coefficient (Wildman–Crippen LogP) is 3.99. The first-order chi connectivity index (χ1) is 12.0. The van der Waals surface area contributed by atoms with E-state index in [0.717, 1.165) is 24.4 Å². The number of benzene rings is 1. The van der Waals surface area contributed by atoms with Gasteiger partial charge < -0.3 is 5.32 Å². The Morgan fingerprint density at radius 3 is 2.46 bits per heavy atom. The zero-order valence-corrected chi connectivity index (χ0v) is 13.7. The molecule has 26 heavy (non-hydrogen) atoms. The minimum atomic E-state index is -4.84. The van der Waals surface area contributed by atoms with Crippen LogP contribution in [0.2, 0.25) is 0 Å². The van der Waals surface area contributed by atoms with Crippen LogP contribution in [0, 0.1) is 0 Å². The van der Waals surface area contributed by atoms with Crippen molar-refractivity contribution >= 4 is 28.6 Å². The number of rotatable bonds is 4. The van der Waals surface area contributed by atoms with Crippen molar-refractivity contribution in [2.45, 2.75) is 12.4 Å². The Bertz CT molecular complexity index is 828. The Balaban J connectivity index is 2.17. The minimum absolute atomic E-state index is 0.0105. The van der Waals surface area contributed by atoms with Crippen LogP contribution in [0.1, 0.15) is 26.5 Å². The summed E-state index contributed by atoms with van der Waals surface area (Å²) in [6.07, 6.45) is -8.51. The van der Waals surface area contributed by atoms with Gasteiger partial charge in [0.2, 0.25) is 0 Å². The molecule has 0 spiro atoms. The Morgan fingerprint density at radius 1 is 1.19 bits per heavy atom. The van der Waals surface area contributed by atoms with E-state index < -0.39 is 34.4 Å². The molecular weight excluding hydrogens is 386 g/mol. The zero-order valence-electron chi connectivity index (χ0n) is 12.9. The van der Waals surface area contributed by atoms with Crippen LogP contribution >= 0.6 is 11.3 Å². The number of halogens is 6. The number of anilines is 1. The fourth-order valence-corrected chi connectivity index (χ4v) is 2.61. The standard InChI is InChI=1S/C14H10F6N4OS/c1-21-12-23-10(14(18,19)20)9(26-12)11(25)24-22-6-7-3-2-4-8(5-7)13(15,16)17/h2-6H,1H3,(H,21,23)(H,24,25)/b22-6+. The van der Waals surface area contributed by atoms with Crippen LogP contribution in [0.3, 0.4) is 0 Å². The van der Waals surface area contributed by atoms with Crippen molar-refractivity contribution in [3.8, 4) is 0 Å². The number of nitrogens with zero attached hydrogens (tertiary/aromatic N) is 2. The van der Waals surface area contributed by atoms with Crippen LogP contribution in [-0.2, 0) is 12.4 Å². The molecule has 0 bridgehead atoms. The molecule has 140 valence electrons. The summed E-state index contributed by atoms with van der Waals surface area (Å²) in [4.78, 5) is 14.4. The summed E-state index contributed by atoms with van der Waals surface area (Å²) in [5.41, 5.74) is -0.441. The van der Waals surface area contributed by atoms with Crippen molar-refractivity contribution < 1.29 is 31.1 Å². The first-order valence-electron chi connectivity index (χ1n) is 6.79. The van der Waals surface area contributed by atoms with Gasteiger partial charge in [0.1, 0.15) is 4.88 Å². The SMILES string of the molecule is CNc1nc(C(F)(F)F)c(C(=O)N/N=C/c2cccc(C(F)(F)F)c2)s1. The fraction of sp³-hybridized carbons (Fsp3) is 0.214. The van der Waals surface area contributed by atoms with E-state index in [4.69, 9.17) is 0 Å². The smallest absolute Gasteiger partial charge is 0.365 e. The van der Waals surface area contributed by atoms with Gasteiger partial charge in [-0.1, -0.05) is 23.5 Å². The molecule has 0 saturated carbocycles. The van der Waals surface area contributed by atoms with Gasteiger partial charge in [-0.05, 0) is 17.7 Å². The maximum absolute atomic E-state index is 12.9. The number of amides is 1. The van der Waals surface area contributed by atoms with Gasteiger partial charge in [-0.3, -0.25) is 4.79 Å². The number of carbonyl (C=O) groups is 1. The highest BCUT2D eigenvalue weighted by molar-refractivity contribution is 7.17. The molecule has 0 saturated heterocycles. The van der Waals surface area contributed by atoms with E-state index in [1.165, 1.54) is 13.1 Å². The lowest BCUT2D eigenvalue weighted by Crippen LogP contribution is -2.21. The van der Waals surface area contributed by atoms with Crippen LogP contribution in [0.5, 0.6) is 0 Å². The number of hydrogen-bond donors (Lipinski definition) is 2. The van der Waals surface area contributed by atoms with Gasteiger partial charge in [-0.15, -0.1) is 0 Å². The topological polar surface area (TPSA) is 66.4 Å². The average Bonchev–Trinajstić information content (AvgIpc) is 2.99. The monoisotopic (exact) mass is 396 g/mol. The minimum Gasteiger partial charge on any atom is -0.365 e. The molecule has 0 atom stereocenters. The first kappa shape index (κ1) is 19.7. The number of aromatic nitrogens is 1. The van der Waals surface area contributed by atoms with Gasteiger partial charge in [0.15, 0.2) is 10.8 Å². The van der Waals surface area contributed by atoms with E-state index in [9.17, 15) is 31.1 Å². The zero-order chi connectivity index (χ0) is 19.5. The molecule has 2 rings (SSSR count).